The van der Waals surface area contributed by atoms with E-state index in [1.54, 1.807) is 37.6 Å². The van der Waals surface area contributed by atoms with Crippen molar-refractivity contribution in [2.75, 3.05) is 13.4 Å². The third-order valence-electron chi connectivity index (χ3n) is 2.43. The lowest BCUT2D eigenvalue weighted by Gasteiger charge is -2.09. The lowest BCUT2D eigenvalue weighted by molar-refractivity contribution is 0.273. The smallest absolute Gasteiger partial charge is 0.228 e. The minimum absolute atomic E-state index is 0.167. The molecule has 2 aromatic rings. The molecule has 0 atom stereocenters. The van der Waals surface area contributed by atoms with Crippen LogP contribution in [0, 0.1) is 0 Å². The number of rotatable bonds is 5. The van der Waals surface area contributed by atoms with Crippen LogP contribution in [0.2, 0.25) is 0 Å². The first-order valence-corrected chi connectivity index (χ1v) is 6.82. The van der Waals surface area contributed by atoms with Crippen LogP contribution in [-0.4, -0.2) is 28.4 Å². The van der Waals surface area contributed by atoms with Crippen LogP contribution in [0.3, 0.4) is 0 Å². The van der Waals surface area contributed by atoms with Crippen molar-refractivity contribution < 1.29 is 14.6 Å². The number of aliphatic hydroxyl groups is 1. The van der Waals surface area contributed by atoms with Gasteiger partial charge in [0, 0.05) is 6.20 Å². The number of aliphatic hydroxyl groups excluding tert-OH is 1. The molecule has 1 heterocycles. The van der Waals surface area contributed by atoms with E-state index < -0.39 is 0 Å². The molecule has 2 rings (SSSR count). The lowest BCUT2D eigenvalue weighted by atomic mass is 10.3. The summed E-state index contributed by atoms with van der Waals surface area (Å²) in [4.78, 5) is 8.33. The third kappa shape index (κ3) is 3.36. The van der Waals surface area contributed by atoms with Gasteiger partial charge in [-0.15, -0.1) is 0 Å². The highest BCUT2D eigenvalue weighted by Gasteiger charge is 2.09. The van der Waals surface area contributed by atoms with E-state index in [9.17, 15) is 5.11 Å². The van der Waals surface area contributed by atoms with Crippen molar-refractivity contribution in [3.05, 3.63) is 36.0 Å². The zero-order valence-electron chi connectivity index (χ0n) is 10.7. The monoisotopic (exact) mass is 278 g/mol. The van der Waals surface area contributed by atoms with E-state index in [1.807, 2.05) is 6.26 Å². The number of methoxy groups -OCH3 is 1. The highest BCUT2D eigenvalue weighted by atomic mass is 32.2. The molecule has 0 radical (unpaired) electrons. The van der Waals surface area contributed by atoms with Gasteiger partial charge >= 0.3 is 0 Å². The minimum atomic E-state index is -0.167. The van der Waals surface area contributed by atoms with Crippen LogP contribution in [0.4, 0.5) is 0 Å². The van der Waals surface area contributed by atoms with Crippen LogP contribution >= 0.6 is 11.8 Å². The van der Waals surface area contributed by atoms with Gasteiger partial charge in [0.2, 0.25) is 5.88 Å². The summed E-state index contributed by atoms with van der Waals surface area (Å²) in [7, 11) is 1.61. The summed E-state index contributed by atoms with van der Waals surface area (Å²) in [5.41, 5.74) is 0.550. The Morgan fingerprint density at radius 2 is 1.89 bits per heavy atom. The van der Waals surface area contributed by atoms with Gasteiger partial charge in [-0.2, -0.15) is 4.98 Å². The highest BCUT2D eigenvalue weighted by molar-refractivity contribution is 7.98. The SMILES string of the molecule is COc1ccc(Oc2nc(SC)ncc2CO)cc1. The Morgan fingerprint density at radius 3 is 2.47 bits per heavy atom. The van der Waals surface area contributed by atoms with Crippen LogP contribution < -0.4 is 9.47 Å². The zero-order chi connectivity index (χ0) is 13.7. The minimum Gasteiger partial charge on any atom is -0.497 e. The molecule has 0 fully saturated rings. The second-order valence-corrected chi connectivity index (χ2v) is 4.40. The van der Waals surface area contributed by atoms with E-state index in [1.165, 1.54) is 11.8 Å². The molecule has 0 bridgehead atoms. The summed E-state index contributed by atoms with van der Waals surface area (Å²) in [6.45, 7) is -0.167. The summed E-state index contributed by atoms with van der Waals surface area (Å²) in [5, 5.41) is 9.85. The fourth-order valence-corrected chi connectivity index (χ4v) is 1.76. The van der Waals surface area contributed by atoms with Gasteiger partial charge < -0.3 is 14.6 Å². The van der Waals surface area contributed by atoms with Gasteiger partial charge in [0.25, 0.3) is 0 Å². The van der Waals surface area contributed by atoms with Gasteiger partial charge in [-0.3, -0.25) is 0 Å². The maximum atomic E-state index is 9.26. The van der Waals surface area contributed by atoms with Crippen molar-refractivity contribution >= 4 is 11.8 Å². The maximum Gasteiger partial charge on any atom is 0.228 e. The molecule has 5 nitrogen and oxygen atoms in total. The molecular weight excluding hydrogens is 264 g/mol. The molecule has 0 aliphatic rings. The molecule has 100 valence electrons. The molecule has 0 saturated heterocycles. The Labute approximate surface area is 115 Å². The van der Waals surface area contributed by atoms with Crippen LogP contribution in [0.25, 0.3) is 0 Å². The molecule has 1 aromatic carbocycles. The molecule has 0 amide bonds. The van der Waals surface area contributed by atoms with E-state index in [4.69, 9.17) is 9.47 Å². The number of nitrogens with zero attached hydrogens (tertiary/aromatic N) is 2. The topological polar surface area (TPSA) is 64.5 Å². The molecule has 0 aliphatic carbocycles. The van der Waals surface area contributed by atoms with Crippen molar-refractivity contribution in [1.82, 2.24) is 9.97 Å². The molecule has 1 aromatic heterocycles. The van der Waals surface area contributed by atoms with Crippen LogP contribution in [-0.2, 0) is 6.61 Å². The largest absolute Gasteiger partial charge is 0.497 e. The second kappa shape index (κ2) is 6.40. The fourth-order valence-electron chi connectivity index (χ4n) is 1.43. The van der Waals surface area contributed by atoms with E-state index in [-0.39, 0.29) is 6.61 Å². The van der Waals surface area contributed by atoms with Gasteiger partial charge in [-0.1, -0.05) is 11.8 Å². The van der Waals surface area contributed by atoms with E-state index in [2.05, 4.69) is 9.97 Å². The Hall–Kier alpha value is -1.79. The maximum absolute atomic E-state index is 9.26. The normalized spacial score (nSPS) is 10.3. The van der Waals surface area contributed by atoms with Crippen molar-refractivity contribution in [3.8, 4) is 17.4 Å². The van der Waals surface area contributed by atoms with E-state index >= 15 is 0 Å². The quantitative estimate of drug-likeness (QED) is 0.669. The van der Waals surface area contributed by atoms with Gasteiger partial charge in [-0.25, -0.2) is 4.98 Å². The first kappa shape index (κ1) is 13.6. The van der Waals surface area contributed by atoms with Crippen molar-refractivity contribution in [2.24, 2.45) is 0 Å². The van der Waals surface area contributed by atoms with Crippen LogP contribution in [0.1, 0.15) is 5.56 Å². The average Bonchev–Trinajstić information content (AvgIpc) is 2.48. The first-order chi connectivity index (χ1) is 9.26. The predicted octanol–water partition coefficient (Wildman–Crippen LogP) is 2.49. The fraction of sp³-hybridized carbons (Fsp3) is 0.231. The van der Waals surface area contributed by atoms with Crippen LogP contribution in [0.5, 0.6) is 17.4 Å². The van der Waals surface area contributed by atoms with Gasteiger partial charge in [-0.05, 0) is 30.5 Å². The van der Waals surface area contributed by atoms with Gasteiger partial charge in [0.05, 0.1) is 19.3 Å². The molecule has 0 unspecified atom stereocenters. The molecule has 0 saturated carbocycles. The number of aromatic nitrogens is 2. The molecule has 19 heavy (non-hydrogen) atoms. The zero-order valence-corrected chi connectivity index (χ0v) is 11.5. The highest BCUT2D eigenvalue weighted by Crippen LogP contribution is 2.26. The Bertz CT molecular complexity index is 546. The third-order valence-corrected chi connectivity index (χ3v) is 2.99. The first-order valence-electron chi connectivity index (χ1n) is 5.59. The number of hydrogen-bond donors (Lipinski definition) is 1. The number of benzene rings is 1. The van der Waals surface area contributed by atoms with E-state index in [0.29, 0.717) is 22.3 Å². The number of thioether (sulfide) groups is 1. The Morgan fingerprint density at radius 1 is 1.21 bits per heavy atom. The van der Waals surface area contributed by atoms with Crippen molar-refractivity contribution in [2.45, 2.75) is 11.8 Å². The van der Waals surface area contributed by atoms with Gasteiger partial charge in [0.15, 0.2) is 5.16 Å². The second-order valence-electron chi connectivity index (χ2n) is 3.62. The molecule has 0 aliphatic heterocycles. The standard InChI is InChI=1S/C13H14N2O3S/c1-17-10-3-5-11(6-4-10)18-12-9(8-16)7-14-13(15-12)19-2/h3-7,16H,8H2,1-2H3. The average molecular weight is 278 g/mol. The molecule has 6 heteroatoms. The summed E-state index contributed by atoms with van der Waals surface area (Å²) in [6.07, 6.45) is 3.45. The Kier molecular flexibility index (Phi) is 4.59. The summed E-state index contributed by atoms with van der Waals surface area (Å²) in [5.74, 6) is 1.75. The molecule has 0 spiro atoms. The lowest BCUT2D eigenvalue weighted by Crippen LogP contribution is -1.98. The van der Waals surface area contributed by atoms with Gasteiger partial charge in [0.1, 0.15) is 11.5 Å². The van der Waals surface area contributed by atoms with Crippen LogP contribution in [0.15, 0.2) is 35.6 Å². The number of ether oxygens (including phenoxy) is 2. The summed E-state index contributed by atoms with van der Waals surface area (Å²) < 4.78 is 10.7. The van der Waals surface area contributed by atoms with Crippen molar-refractivity contribution in [3.63, 3.8) is 0 Å². The summed E-state index contributed by atoms with van der Waals surface area (Å²) >= 11 is 1.41. The van der Waals surface area contributed by atoms with E-state index in [0.717, 1.165) is 5.75 Å². The molecular formula is C13H14N2O3S. The van der Waals surface area contributed by atoms with Crippen molar-refractivity contribution in [1.29, 1.82) is 0 Å². The summed E-state index contributed by atoms with van der Waals surface area (Å²) in [6, 6.07) is 7.15. The predicted molar refractivity (Wildman–Crippen MR) is 72.8 cm³/mol. The number of hydrogen-bond acceptors (Lipinski definition) is 6. The molecule has 1 N–H and O–H groups in total. The Balaban J connectivity index is 2.25.